The Morgan fingerprint density at radius 3 is 2.38 bits per heavy atom. The van der Waals surface area contributed by atoms with Crippen molar-refractivity contribution in [3.05, 3.63) is 16.0 Å². The summed E-state index contributed by atoms with van der Waals surface area (Å²) in [6.07, 6.45) is 0.909. The normalized spacial score (nSPS) is 14.2. The van der Waals surface area contributed by atoms with Crippen molar-refractivity contribution in [1.82, 2.24) is 4.90 Å². The third-order valence-electron chi connectivity index (χ3n) is 3.75. The third-order valence-corrected chi connectivity index (χ3v) is 4.81. The van der Waals surface area contributed by atoms with Crippen molar-refractivity contribution in [2.75, 3.05) is 18.5 Å². The summed E-state index contributed by atoms with van der Waals surface area (Å²) in [7, 11) is 0. The molecule has 8 heteroatoms. The van der Waals surface area contributed by atoms with Gasteiger partial charge < -0.3 is 10.1 Å². The van der Waals surface area contributed by atoms with Crippen LogP contribution in [-0.2, 0) is 25.5 Å². The van der Waals surface area contributed by atoms with Crippen LogP contribution in [-0.4, -0.2) is 41.7 Å². The van der Waals surface area contributed by atoms with E-state index in [4.69, 9.17) is 4.74 Å². The molecular weight excluding hydrogens is 332 g/mol. The van der Waals surface area contributed by atoms with Crippen molar-refractivity contribution in [2.24, 2.45) is 0 Å². The second kappa shape index (κ2) is 7.57. The predicted molar refractivity (Wildman–Crippen MR) is 89.0 cm³/mol. The van der Waals surface area contributed by atoms with Gasteiger partial charge >= 0.3 is 5.97 Å². The smallest absolute Gasteiger partial charge is 0.341 e. The number of aryl methyl sites for hydroxylation is 1. The summed E-state index contributed by atoms with van der Waals surface area (Å²) in [5, 5.41) is 3.04. The van der Waals surface area contributed by atoms with E-state index in [-0.39, 0.29) is 37.8 Å². The molecule has 7 nitrogen and oxygen atoms in total. The van der Waals surface area contributed by atoms with Gasteiger partial charge in [-0.1, -0.05) is 6.92 Å². The van der Waals surface area contributed by atoms with Crippen molar-refractivity contribution in [3.8, 4) is 0 Å². The van der Waals surface area contributed by atoms with Gasteiger partial charge in [0.25, 0.3) is 0 Å². The van der Waals surface area contributed by atoms with Crippen LogP contribution in [0.15, 0.2) is 0 Å². The molecule has 3 amide bonds. The van der Waals surface area contributed by atoms with E-state index >= 15 is 0 Å². The summed E-state index contributed by atoms with van der Waals surface area (Å²) in [5.41, 5.74) is 1.19. The molecule has 1 aromatic rings. The van der Waals surface area contributed by atoms with Crippen LogP contribution in [0.1, 0.15) is 47.5 Å². The molecule has 0 saturated carbocycles. The molecule has 1 saturated heterocycles. The highest BCUT2D eigenvalue weighted by Crippen LogP contribution is 2.34. The Hall–Kier alpha value is -2.22. The molecule has 0 unspecified atom stereocenters. The Labute approximate surface area is 144 Å². The number of imide groups is 1. The zero-order valence-electron chi connectivity index (χ0n) is 13.9. The number of likely N-dealkylation sites (tertiary alicyclic amines) is 1. The number of hydrogen-bond donors (Lipinski definition) is 1. The molecule has 0 atom stereocenters. The zero-order chi connectivity index (χ0) is 17.9. The monoisotopic (exact) mass is 352 g/mol. The lowest BCUT2D eigenvalue weighted by atomic mass is 10.1. The van der Waals surface area contributed by atoms with Gasteiger partial charge in [0.15, 0.2) is 0 Å². The van der Waals surface area contributed by atoms with Gasteiger partial charge in [0.05, 0.1) is 12.2 Å². The van der Waals surface area contributed by atoms with Crippen LogP contribution in [0.2, 0.25) is 0 Å². The molecule has 1 aliphatic heterocycles. The summed E-state index contributed by atoms with van der Waals surface area (Å²) in [4.78, 5) is 49.4. The minimum atomic E-state index is -0.506. The lowest BCUT2D eigenvalue weighted by Crippen LogP contribution is -2.37. The molecule has 0 bridgehead atoms. The van der Waals surface area contributed by atoms with Gasteiger partial charge in [0, 0.05) is 17.7 Å². The minimum Gasteiger partial charge on any atom is -0.462 e. The fourth-order valence-electron chi connectivity index (χ4n) is 2.62. The summed E-state index contributed by atoms with van der Waals surface area (Å²) >= 11 is 1.29. The quantitative estimate of drug-likeness (QED) is 0.623. The largest absolute Gasteiger partial charge is 0.462 e. The molecule has 130 valence electrons. The SMILES string of the molecule is CCOC(=O)c1c(NC(=O)CN2C(=O)CCC2=O)sc(C)c1CC. The average Bonchev–Trinajstić information content (AvgIpc) is 3.00. The number of ether oxygens (including phenoxy) is 1. The van der Waals surface area contributed by atoms with Gasteiger partial charge in [-0.05, 0) is 25.8 Å². The van der Waals surface area contributed by atoms with Gasteiger partial charge in [0.1, 0.15) is 11.5 Å². The summed E-state index contributed by atoms with van der Waals surface area (Å²) in [6, 6.07) is 0. The molecule has 0 spiro atoms. The van der Waals surface area contributed by atoms with Crippen molar-refractivity contribution < 1.29 is 23.9 Å². The van der Waals surface area contributed by atoms with E-state index in [9.17, 15) is 19.2 Å². The number of rotatable bonds is 6. The van der Waals surface area contributed by atoms with Crippen molar-refractivity contribution in [3.63, 3.8) is 0 Å². The van der Waals surface area contributed by atoms with Crippen LogP contribution in [0.3, 0.4) is 0 Å². The van der Waals surface area contributed by atoms with Gasteiger partial charge in [-0.15, -0.1) is 11.3 Å². The maximum atomic E-state index is 12.2. The first-order chi connectivity index (χ1) is 11.4. The van der Waals surface area contributed by atoms with E-state index in [2.05, 4.69) is 5.32 Å². The second-order valence-corrected chi connectivity index (χ2v) is 6.56. The van der Waals surface area contributed by atoms with E-state index < -0.39 is 11.9 Å². The minimum absolute atomic E-state index is 0.137. The molecule has 0 aliphatic carbocycles. The standard InChI is InChI=1S/C16H20N2O5S/c1-4-10-9(3)24-15(14(10)16(22)23-5-2)17-11(19)8-18-12(20)6-7-13(18)21/h4-8H2,1-3H3,(H,17,19). The Bertz CT molecular complexity index is 679. The highest BCUT2D eigenvalue weighted by Gasteiger charge is 2.31. The maximum absolute atomic E-state index is 12.2. The van der Waals surface area contributed by atoms with Crippen LogP contribution < -0.4 is 5.32 Å². The molecule has 1 aliphatic rings. The highest BCUT2D eigenvalue weighted by molar-refractivity contribution is 7.16. The van der Waals surface area contributed by atoms with Crippen LogP contribution in [0.4, 0.5) is 5.00 Å². The maximum Gasteiger partial charge on any atom is 0.341 e. The average molecular weight is 352 g/mol. The second-order valence-electron chi connectivity index (χ2n) is 5.34. The molecule has 0 radical (unpaired) electrons. The van der Waals surface area contributed by atoms with Crippen molar-refractivity contribution in [1.29, 1.82) is 0 Å². The fraction of sp³-hybridized carbons (Fsp3) is 0.500. The first-order valence-corrected chi connectivity index (χ1v) is 8.63. The van der Waals surface area contributed by atoms with Crippen LogP contribution in [0.25, 0.3) is 0 Å². The Kier molecular flexibility index (Phi) is 5.71. The van der Waals surface area contributed by atoms with Crippen molar-refractivity contribution >= 4 is 40.0 Å². The number of thiophene rings is 1. The molecule has 0 aromatic carbocycles. The lowest BCUT2D eigenvalue weighted by Gasteiger charge is -2.13. The Balaban J connectivity index is 2.19. The number of amides is 3. The van der Waals surface area contributed by atoms with Gasteiger partial charge in [-0.3, -0.25) is 19.3 Å². The summed E-state index contributed by atoms with van der Waals surface area (Å²) in [6.45, 7) is 5.41. The zero-order valence-corrected chi connectivity index (χ0v) is 14.7. The predicted octanol–water partition coefficient (Wildman–Crippen LogP) is 1.88. The van der Waals surface area contributed by atoms with Crippen LogP contribution in [0, 0.1) is 6.92 Å². The van der Waals surface area contributed by atoms with Crippen molar-refractivity contribution in [2.45, 2.75) is 40.0 Å². The van der Waals surface area contributed by atoms with E-state index in [1.54, 1.807) is 6.92 Å². The number of nitrogens with zero attached hydrogens (tertiary/aromatic N) is 1. The molecular formula is C16H20N2O5S. The van der Waals surface area contributed by atoms with Gasteiger partial charge in [0.2, 0.25) is 17.7 Å². The van der Waals surface area contributed by atoms with Crippen LogP contribution in [0.5, 0.6) is 0 Å². The number of anilines is 1. The van der Waals surface area contributed by atoms with E-state index in [0.29, 0.717) is 17.0 Å². The van der Waals surface area contributed by atoms with Gasteiger partial charge in [-0.2, -0.15) is 0 Å². The molecule has 1 aromatic heterocycles. The highest BCUT2D eigenvalue weighted by atomic mass is 32.1. The summed E-state index contributed by atoms with van der Waals surface area (Å²) in [5.74, 6) is -1.69. The van der Waals surface area contributed by atoms with E-state index in [1.807, 2.05) is 13.8 Å². The van der Waals surface area contributed by atoms with Gasteiger partial charge in [-0.25, -0.2) is 4.79 Å². The fourth-order valence-corrected chi connectivity index (χ4v) is 3.77. The van der Waals surface area contributed by atoms with Crippen LogP contribution >= 0.6 is 11.3 Å². The number of nitrogens with one attached hydrogen (secondary N) is 1. The first kappa shape index (κ1) is 18.1. The molecule has 2 rings (SSSR count). The van der Waals surface area contributed by atoms with E-state index in [1.165, 1.54) is 11.3 Å². The molecule has 24 heavy (non-hydrogen) atoms. The third kappa shape index (κ3) is 3.64. The number of hydrogen-bond acceptors (Lipinski definition) is 6. The first-order valence-electron chi connectivity index (χ1n) is 7.81. The molecule has 1 fully saturated rings. The molecule has 2 heterocycles. The number of carbonyl (C=O) groups is 4. The Morgan fingerprint density at radius 1 is 1.21 bits per heavy atom. The van der Waals surface area contributed by atoms with E-state index in [0.717, 1.165) is 15.3 Å². The topological polar surface area (TPSA) is 92.8 Å². The summed E-state index contributed by atoms with van der Waals surface area (Å²) < 4.78 is 5.07. The lowest BCUT2D eigenvalue weighted by molar-refractivity contribution is -0.141. The Morgan fingerprint density at radius 2 is 1.83 bits per heavy atom. The number of esters is 1. The number of carbonyl (C=O) groups excluding carboxylic acids is 4. The molecule has 1 N–H and O–H groups in total.